The summed E-state index contributed by atoms with van der Waals surface area (Å²) in [5, 5.41) is 5.26. The monoisotopic (exact) mass is 229 g/mol. The maximum absolute atomic E-state index is 11.6. The summed E-state index contributed by atoms with van der Waals surface area (Å²) >= 11 is 0. The van der Waals surface area contributed by atoms with Crippen LogP contribution in [-0.4, -0.2) is 11.0 Å². The molecular weight excluding hydrogens is 218 g/mol. The Morgan fingerprint density at radius 3 is 2.29 bits per heavy atom. The third-order valence-electron chi connectivity index (χ3n) is 2.07. The van der Waals surface area contributed by atoms with Crippen molar-refractivity contribution in [2.24, 2.45) is 0 Å². The summed E-state index contributed by atoms with van der Waals surface area (Å²) in [6.07, 6.45) is 1.44. The van der Waals surface area contributed by atoms with Crippen molar-refractivity contribution in [3.63, 3.8) is 0 Å². The van der Waals surface area contributed by atoms with Crippen molar-refractivity contribution >= 4 is 17.4 Å². The highest BCUT2D eigenvalue weighted by Gasteiger charge is 2.01. The molecule has 17 heavy (non-hydrogen) atoms. The van der Waals surface area contributed by atoms with Gasteiger partial charge in [0.05, 0.1) is 5.69 Å². The average molecular weight is 229 g/mol. The first-order valence-electron chi connectivity index (χ1n) is 5.06. The second-order valence-corrected chi connectivity index (χ2v) is 3.39. The molecule has 0 saturated carbocycles. The number of amides is 2. The van der Waals surface area contributed by atoms with E-state index in [1.807, 2.05) is 18.2 Å². The predicted octanol–water partition coefficient (Wildman–Crippen LogP) is 2.02. The number of aromatic amines is 1. The van der Waals surface area contributed by atoms with Crippen molar-refractivity contribution < 1.29 is 4.79 Å². The van der Waals surface area contributed by atoms with Crippen LogP contribution < -0.4 is 16.2 Å². The van der Waals surface area contributed by atoms with Gasteiger partial charge >= 0.3 is 6.03 Å². The van der Waals surface area contributed by atoms with Gasteiger partial charge in [-0.3, -0.25) is 4.79 Å². The number of carbonyl (C=O) groups is 1. The number of hydrogen-bond acceptors (Lipinski definition) is 2. The van der Waals surface area contributed by atoms with E-state index in [2.05, 4.69) is 15.6 Å². The molecule has 0 atom stereocenters. The molecule has 1 heterocycles. The van der Waals surface area contributed by atoms with Gasteiger partial charge in [-0.15, -0.1) is 0 Å². The lowest BCUT2D eigenvalue weighted by atomic mass is 10.3. The fourth-order valence-corrected chi connectivity index (χ4v) is 1.30. The molecule has 0 aliphatic heterocycles. The zero-order valence-corrected chi connectivity index (χ0v) is 8.94. The number of anilines is 2. The summed E-state index contributed by atoms with van der Waals surface area (Å²) in [6, 6.07) is 11.6. The number of aromatic nitrogens is 1. The van der Waals surface area contributed by atoms with Gasteiger partial charge in [0.1, 0.15) is 0 Å². The van der Waals surface area contributed by atoms with E-state index in [0.29, 0.717) is 11.4 Å². The molecule has 0 unspecified atom stereocenters. The molecule has 5 heteroatoms. The van der Waals surface area contributed by atoms with Crippen molar-refractivity contribution in [2.75, 3.05) is 10.6 Å². The minimum atomic E-state index is -0.358. The van der Waals surface area contributed by atoms with Crippen molar-refractivity contribution in [3.05, 3.63) is 59.0 Å². The molecule has 1 aromatic carbocycles. The number of para-hydroxylation sites is 1. The maximum atomic E-state index is 11.6. The number of nitrogens with one attached hydrogen (secondary N) is 3. The van der Waals surface area contributed by atoms with Crippen molar-refractivity contribution in [1.29, 1.82) is 0 Å². The lowest BCUT2D eigenvalue weighted by Gasteiger charge is -2.06. The van der Waals surface area contributed by atoms with Crippen LogP contribution in [0, 0.1) is 0 Å². The van der Waals surface area contributed by atoms with Crippen LogP contribution in [0.1, 0.15) is 0 Å². The predicted molar refractivity (Wildman–Crippen MR) is 66.1 cm³/mol. The van der Waals surface area contributed by atoms with E-state index in [1.54, 1.807) is 12.1 Å². The van der Waals surface area contributed by atoms with Crippen LogP contribution in [0.4, 0.5) is 16.2 Å². The third kappa shape index (κ3) is 3.20. The lowest BCUT2D eigenvalue weighted by Crippen LogP contribution is -2.20. The molecule has 2 aromatic rings. The SMILES string of the molecule is O=C(Nc1ccccc1)Nc1ccc(=O)[nH]c1. The van der Waals surface area contributed by atoms with E-state index in [0.717, 1.165) is 0 Å². The van der Waals surface area contributed by atoms with E-state index in [9.17, 15) is 9.59 Å². The minimum absolute atomic E-state index is 0.209. The Balaban J connectivity index is 1.98. The maximum Gasteiger partial charge on any atom is 0.323 e. The number of pyridine rings is 1. The number of H-pyrrole nitrogens is 1. The number of hydrogen-bond donors (Lipinski definition) is 3. The second kappa shape index (κ2) is 4.98. The van der Waals surface area contributed by atoms with Gasteiger partial charge in [-0.1, -0.05) is 18.2 Å². The minimum Gasteiger partial charge on any atom is -0.327 e. The average Bonchev–Trinajstić information content (AvgIpc) is 2.33. The van der Waals surface area contributed by atoms with Crippen LogP contribution in [0.2, 0.25) is 0 Å². The molecule has 1 aromatic heterocycles. The molecule has 0 fully saturated rings. The van der Waals surface area contributed by atoms with Gasteiger partial charge in [-0.25, -0.2) is 4.79 Å². The molecular formula is C12H11N3O2. The zero-order chi connectivity index (χ0) is 12.1. The van der Waals surface area contributed by atoms with Gasteiger partial charge in [0.2, 0.25) is 5.56 Å². The Morgan fingerprint density at radius 1 is 0.941 bits per heavy atom. The molecule has 0 bridgehead atoms. The van der Waals surface area contributed by atoms with Crippen LogP contribution in [-0.2, 0) is 0 Å². The van der Waals surface area contributed by atoms with Gasteiger partial charge in [0, 0.05) is 18.0 Å². The topological polar surface area (TPSA) is 74.0 Å². The summed E-state index contributed by atoms with van der Waals surface area (Å²) in [6.45, 7) is 0. The van der Waals surface area contributed by atoms with Gasteiger partial charge in [0.15, 0.2) is 0 Å². The van der Waals surface area contributed by atoms with Gasteiger partial charge in [-0.05, 0) is 18.2 Å². The largest absolute Gasteiger partial charge is 0.327 e. The van der Waals surface area contributed by atoms with Crippen LogP contribution in [0.25, 0.3) is 0 Å². The standard InChI is InChI=1S/C12H11N3O2/c16-11-7-6-10(8-13-11)15-12(17)14-9-4-2-1-3-5-9/h1-8H,(H,13,16)(H2,14,15,17). The highest BCUT2D eigenvalue weighted by molar-refractivity contribution is 5.99. The number of rotatable bonds is 2. The summed E-state index contributed by atoms with van der Waals surface area (Å²) in [7, 11) is 0. The van der Waals surface area contributed by atoms with E-state index in [4.69, 9.17) is 0 Å². The van der Waals surface area contributed by atoms with E-state index in [1.165, 1.54) is 18.3 Å². The first-order chi connectivity index (χ1) is 8.24. The molecule has 5 nitrogen and oxygen atoms in total. The number of benzene rings is 1. The first kappa shape index (κ1) is 10.9. The molecule has 0 saturated heterocycles. The summed E-state index contributed by atoms with van der Waals surface area (Å²) in [5.74, 6) is 0. The highest BCUT2D eigenvalue weighted by Crippen LogP contribution is 2.06. The number of urea groups is 1. The smallest absolute Gasteiger partial charge is 0.323 e. The first-order valence-corrected chi connectivity index (χ1v) is 5.06. The second-order valence-electron chi connectivity index (χ2n) is 3.39. The summed E-state index contributed by atoms with van der Waals surface area (Å²) in [5.41, 5.74) is 1.02. The van der Waals surface area contributed by atoms with Crippen LogP contribution in [0.15, 0.2) is 53.5 Å². The Morgan fingerprint density at radius 2 is 1.65 bits per heavy atom. The molecule has 2 amide bonds. The van der Waals surface area contributed by atoms with Crippen molar-refractivity contribution in [3.8, 4) is 0 Å². The van der Waals surface area contributed by atoms with Crippen LogP contribution in [0.5, 0.6) is 0 Å². The van der Waals surface area contributed by atoms with Gasteiger partial charge in [-0.2, -0.15) is 0 Å². The molecule has 0 aliphatic rings. The molecule has 0 aliphatic carbocycles. The van der Waals surface area contributed by atoms with E-state index in [-0.39, 0.29) is 11.6 Å². The van der Waals surface area contributed by atoms with Crippen LogP contribution in [0.3, 0.4) is 0 Å². The van der Waals surface area contributed by atoms with Gasteiger partial charge in [0.25, 0.3) is 0 Å². The van der Waals surface area contributed by atoms with E-state index >= 15 is 0 Å². The summed E-state index contributed by atoms with van der Waals surface area (Å²) in [4.78, 5) is 24.8. The van der Waals surface area contributed by atoms with Crippen molar-refractivity contribution in [1.82, 2.24) is 4.98 Å². The molecule has 0 radical (unpaired) electrons. The van der Waals surface area contributed by atoms with Crippen molar-refractivity contribution in [2.45, 2.75) is 0 Å². The Kier molecular flexibility index (Phi) is 3.20. The normalized spacial score (nSPS) is 9.65. The Labute approximate surface area is 97.5 Å². The van der Waals surface area contributed by atoms with Gasteiger partial charge < -0.3 is 15.6 Å². The Bertz CT molecular complexity index is 543. The lowest BCUT2D eigenvalue weighted by molar-refractivity contribution is 0.262. The fraction of sp³-hybridized carbons (Fsp3) is 0. The highest BCUT2D eigenvalue weighted by atomic mass is 16.2. The van der Waals surface area contributed by atoms with Crippen LogP contribution >= 0.6 is 0 Å². The number of carbonyl (C=O) groups excluding carboxylic acids is 1. The quantitative estimate of drug-likeness (QED) is 0.737. The third-order valence-corrected chi connectivity index (χ3v) is 2.07. The Hall–Kier alpha value is -2.56. The van der Waals surface area contributed by atoms with E-state index < -0.39 is 0 Å². The molecule has 2 rings (SSSR count). The fourth-order valence-electron chi connectivity index (χ4n) is 1.30. The molecule has 3 N–H and O–H groups in total. The molecule has 0 spiro atoms. The molecule has 86 valence electrons. The summed E-state index contributed by atoms with van der Waals surface area (Å²) < 4.78 is 0. The zero-order valence-electron chi connectivity index (χ0n) is 8.94.